The highest BCUT2D eigenvalue weighted by Crippen LogP contribution is 2.42. The Labute approximate surface area is 248 Å². The van der Waals surface area contributed by atoms with Gasteiger partial charge in [-0.15, -0.1) is 0 Å². The van der Waals surface area contributed by atoms with Crippen LogP contribution < -0.4 is 5.32 Å². The van der Waals surface area contributed by atoms with Crippen LogP contribution in [-0.2, 0) is 22.6 Å². The molecule has 1 amide bonds. The van der Waals surface area contributed by atoms with Gasteiger partial charge in [-0.3, -0.25) is 14.7 Å². The molecule has 1 saturated heterocycles. The molecule has 2 heterocycles. The number of aliphatic hydroxyl groups is 1. The van der Waals surface area contributed by atoms with Crippen molar-refractivity contribution in [2.45, 2.75) is 51.5 Å². The van der Waals surface area contributed by atoms with Crippen LogP contribution in [0.25, 0.3) is 0 Å². The first-order valence-electron chi connectivity index (χ1n) is 14.5. The molecule has 5 rings (SSSR count). The van der Waals surface area contributed by atoms with E-state index in [1.54, 1.807) is 24.5 Å². The van der Waals surface area contributed by atoms with Crippen molar-refractivity contribution in [1.82, 2.24) is 15.2 Å². The molecule has 1 aliphatic heterocycles. The molecule has 4 aromatic rings. The lowest BCUT2D eigenvalue weighted by molar-refractivity contribution is -0.276. The molecule has 1 aromatic heterocycles. The van der Waals surface area contributed by atoms with Gasteiger partial charge in [0, 0.05) is 43.0 Å². The third-order valence-corrected chi connectivity index (χ3v) is 8.16. The minimum atomic E-state index is -0.548. The van der Waals surface area contributed by atoms with E-state index in [0.717, 1.165) is 28.8 Å². The number of carbonyl (C=O) groups is 1. The molecule has 0 aliphatic carbocycles. The number of aliphatic hydroxyl groups excluding tert-OH is 1. The second-order valence-electron chi connectivity index (χ2n) is 11.0. The average Bonchev–Trinajstić information content (AvgIpc) is 3.05. The summed E-state index contributed by atoms with van der Waals surface area (Å²) >= 11 is 0. The largest absolute Gasteiger partial charge is 0.392 e. The highest BCUT2D eigenvalue weighted by atomic mass is 16.7. The van der Waals surface area contributed by atoms with Crippen molar-refractivity contribution < 1.29 is 19.4 Å². The molecule has 1 fully saturated rings. The van der Waals surface area contributed by atoms with E-state index in [1.807, 2.05) is 54.6 Å². The first kappa shape index (κ1) is 29.6. The summed E-state index contributed by atoms with van der Waals surface area (Å²) in [7, 11) is 2.14. The molecule has 3 aromatic carbocycles. The van der Waals surface area contributed by atoms with Crippen LogP contribution in [0.4, 0.5) is 0 Å². The van der Waals surface area contributed by atoms with Crippen LogP contribution >= 0.6 is 0 Å². The minimum Gasteiger partial charge on any atom is -0.392 e. The third-order valence-electron chi connectivity index (χ3n) is 8.16. The molecule has 0 bridgehead atoms. The number of nitrogens with one attached hydrogen (secondary N) is 1. The van der Waals surface area contributed by atoms with E-state index < -0.39 is 6.29 Å². The SMILES string of the molecule is C[C@H]1[C@@H](CN(C)[C@@H](C)c2ccccc2)O[C@@H](c2ccc(CNC(=O)c3cccnc3)cc2)O[C@H]1c1ccc(CO)cc1. The van der Waals surface area contributed by atoms with Gasteiger partial charge in [0.15, 0.2) is 6.29 Å². The van der Waals surface area contributed by atoms with Crippen LogP contribution in [0.15, 0.2) is 103 Å². The van der Waals surface area contributed by atoms with E-state index >= 15 is 0 Å². The van der Waals surface area contributed by atoms with Gasteiger partial charge >= 0.3 is 0 Å². The Kier molecular flexibility index (Phi) is 9.77. The zero-order valence-corrected chi connectivity index (χ0v) is 24.4. The Morgan fingerprint density at radius 1 is 0.929 bits per heavy atom. The van der Waals surface area contributed by atoms with Gasteiger partial charge in [0.2, 0.25) is 0 Å². The number of hydrogen-bond donors (Lipinski definition) is 2. The molecule has 0 spiro atoms. The van der Waals surface area contributed by atoms with Crippen molar-refractivity contribution in [2.75, 3.05) is 13.6 Å². The highest BCUT2D eigenvalue weighted by Gasteiger charge is 2.39. The summed E-state index contributed by atoms with van der Waals surface area (Å²) in [4.78, 5) is 18.8. The summed E-state index contributed by atoms with van der Waals surface area (Å²) in [6.07, 6.45) is 2.39. The maximum Gasteiger partial charge on any atom is 0.253 e. The van der Waals surface area contributed by atoms with Crippen LogP contribution in [0, 0.1) is 5.92 Å². The second-order valence-corrected chi connectivity index (χ2v) is 11.0. The van der Waals surface area contributed by atoms with Gasteiger partial charge in [0.1, 0.15) is 0 Å². The Morgan fingerprint density at radius 3 is 2.29 bits per heavy atom. The fourth-order valence-corrected chi connectivity index (χ4v) is 5.33. The van der Waals surface area contributed by atoms with E-state index in [-0.39, 0.29) is 36.7 Å². The van der Waals surface area contributed by atoms with Crippen molar-refractivity contribution in [2.24, 2.45) is 5.92 Å². The molecule has 0 saturated carbocycles. The summed E-state index contributed by atoms with van der Waals surface area (Å²) in [5, 5.41) is 12.5. The maximum absolute atomic E-state index is 12.4. The van der Waals surface area contributed by atoms with E-state index in [0.29, 0.717) is 12.1 Å². The number of carbonyl (C=O) groups excluding carboxylic acids is 1. The number of pyridine rings is 1. The van der Waals surface area contributed by atoms with Crippen LogP contribution in [-0.4, -0.2) is 40.6 Å². The van der Waals surface area contributed by atoms with Crippen molar-refractivity contribution in [1.29, 1.82) is 0 Å². The fraction of sp³-hybridized carbons (Fsp3) is 0.314. The van der Waals surface area contributed by atoms with Gasteiger partial charge in [-0.1, -0.05) is 85.8 Å². The Hall–Kier alpha value is -3.88. The normalized spacial score (nSPS) is 21.2. The molecule has 7 heteroatoms. The lowest BCUT2D eigenvalue weighted by Crippen LogP contribution is -2.44. The third kappa shape index (κ3) is 7.12. The molecule has 42 heavy (non-hydrogen) atoms. The van der Waals surface area contributed by atoms with Crippen LogP contribution in [0.2, 0.25) is 0 Å². The average molecular weight is 566 g/mol. The summed E-state index contributed by atoms with van der Waals surface area (Å²) < 4.78 is 13.3. The topological polar surface area (TPSA) is 83.9 Å². The summed E-state index contributed by atoms with van der Waals surface area (Å²) in [6.45, 7) is 5.55. The van der Waals surface area contributed by atoms with Gasteiger partial charge in [0.25, 0.3) is 5.91 Å². The van der Waals surface area contributed by atoms with Gasteiger partial charge in [-0.05, 0) is 48.4 Å². The smallest absolute Gasteiger partial charge is 0.253 e. The van der Waals surface area contributed by atoms with Crippen LogP contribution in [0.5, 0.6) is 0 Å². The fourth-order valence-electron chi connectivity index (χ4n) is 5.33. The zero-order chi connectivity index (χ0) is 29.5. The molecular weight excluding hydrogens is 526 g/mol. The predicted molar refractivity (Wildman–Crippen MR) is 162 cm³/mol. The van der Waals surface area contributed by atoms with Crippen LogP contribution in [0.1, 0.15) is 70.5 Å². The summed E-state index contributed by atoms with van der Waals surface area (Å²) in [6, 6.07) is 30.2. The van der Waals surface area contributed by atoms with E-state index in [4.69, 9.17) is 9.47 Å². The first-order valence-corrected chi connectivity index (χ1v) is 14.5. The lowest BCUT2D eigenvalue weighted by Gasteiger charge is -2.43. The van der Waals surface area contributed by atoms with Crippen molar-refractivity contribution in [3.05, 3.63) is 137 Å². The van der Waals surface area contributed by atoms with Crippen molar-refractivity contribution >= 4 is 5.91 Å². The summed E-state index contributed by atoms with van der Waals surface area (Å²) in [5.74, 6) is -0.0690. The van der Waals surface area contributed by atoms with E-state index in [2.05, 4.69) is 60.4 Å². The predicted octanol–water partition coefficient (Wildman–Crippen LogP) is 5.99. The highest BCUT2D eigenvalue weighted by molar-refractivity contribution is 5.93. The molecule has 5 atom stereocenters. The Balaban J connectivity index is 1.32. The molecular formula is C35H39N3O4. The van der Waals surface area contributed by atoms with E-state index in [1.165, 1.54) is 5.56 Å². The van der Waals surface area contributed by atoms with Gasteiger partial charge in [-0.25, -0.2) is 0 Å². The summed E-state index contributed by atoms with van der Waals surface area (Å²) in [5.41, 5.74) is 5.62. The first-order chi connectivity index (χ1) is 20.4. The number of benzene rings is 3. The minimum absolute atomic E-state index is 0.00687. The molecule has 218 valence electrons. The Morgan fingerprint density at radius 2 is 1.62 bits per heavy atom. The van der Waals surface area contributed by atoms with Gasteiger partial charge < -0.3 is 19.9 Å². The quantitative estimate of drug-likeness (QED) is 0.246. The lowest BCUT2D eigenvalue weighted by atomic mass is 9.89. The number of rotatable bonds is 10. The number of likely N-dealkylation sites (N-methyl/N-ethyl adjacent to an activating group) is 1. The Bertz CT molecular complexity index is 1410. The van der Waals surface area contributed by atoms with E-state index in [9.17, 15) is 9.90 Å². The standard InChI is InChI=1S/C35H39N3O4/c1-24-32(22-38(3)25(2)28-8-5-4-6-9-28)41-35(42-33(24)29-15-13-27(23-39)14-16-29)30-17-11-26(12-18-30)20-37-34(40)31-10-7-19-36-21-31/h4-19,21,24-25,32-33,35,39H,20,22-23H2,1-3H3,(H,37,40)/t24-,25-,32+,33+,35+/m0/s1. The molecule has 0 radical (unpaired) electrons. The molecule has 2 N–H and O–H groups in total. The zero-order valence-electron chi connectivity index (χ0n) is 24.4. The van der Waals surface area contributed by atoms with Crippen molar-refractivity contribution in [3.63, 3.8) is 0 Å². The van der Waals surface area contributed by atoms with Gasteiger partial charge in [0.05, 0.1) is 24.4 Å². The number of ether oxygens (including phenoxy) is 2. The number of aromatic nitrogens is 1. The number of amides is 1. The molecule has 1 aliphatic rings. The monoisotopic (exact) mass is 565 g/mol. The van der Waals surface area contributed by atoms with Crippen molar-refractivity contribution in [3.8, 4) is 0 Å². The number of nitrogens with zero attached hydrogens (tertiary/aromatic N) is 2. The molecule has 0 unspecified atom stereocenters. The maximum atomic E-state index is 12.4. The van der Waals surface area contributed by atoms with Crippen LogP contribution in [0.3, 0.4) is 0 Å². The molecule has 7 nitrogen and oxygen atoms in total. The second kappa shape index (κ2) is 13.9. The van der Waals surface area contributed by atoms with Gasteiger partial charge in [-0.2, -0.15) is 0 Å². The number of hydrogen-bond acceptors (Lipinski definition) is 6.